The predicted molar refractivity (Wildman–Crippen MR) is 113 cm³/mol. The molecule has 152 valence electrons. The minimum atomic E-state index is 0.358. The lowest BCUT2D eigenvalue weighted by molar-refractivity contribution is 0.282. The highest BCUT2D eigenvalue weighted by molar-refractivity contribution is 4.62. The third-order valence-electron chi connectivity index (χ3n) is 5.41. The second kappa shape index (κ2) is 22.0. The fourth-order valence-electron chi connectivity index (χ4n) is 3.62. The van der Waals surface area contributed by atoms with Crippen LogP contribution in [0.3, 0.4) is 0 Å². The first kappa shape index (κ1) is 24.9. The Morgan fingerprint density at radius 3 is 1.20 bits per heavy atom. The summed E-state index contributed by atoms with van der Waals surface area (Å²) in [4.78, 5) is 0. The lowest BCUT2D eigenvalue weighted by Gasteiger charge is -2.11. The maximum absolute atomic E-state index is 8.73. The molecule has 1 atom stereocenters. The van der Waals surface area contributed by atoms with E-state index in [1.165, 1.54) is 122 Å². The second-order valence-electron chi connectivity index (χ2n) is 8.07. The minimum Gasteiger partial charge on any atom is -0.396 e. The molecule has 0 amide bonds. The average molecular weight is 356 g/mol. The van der Waals surface area contributed by atoms with Crippen molar-refractivity contribution in [2.75, 3.05) is 6.61 Å². The van der Waals surface area contributed by atoms with Gasteiger partial charge in [0, 0.05) is 12.6 Å². The fourth-order valence-corrected chi connectivity index (χ4v) is 3.62. The molecule has 0 saturated heterocycles. The van der Waals surface area contributed by atoms with Gasteiger partial charge >= 0.3 is 0 Å². The Bertz CT molecular complexity index is 232. The Hall–Kier alpha value is -0.0800. The first-order chi connectivity index (χ1) is 12.3. The molecule has 0 heterocycles. The van der Waals surface area contributed by atoms with E-state index in [1.54, 1.807) is 0 Å². The van der Waals surface area contributed by atoms with E-state index >= 15 is 0 Å². The van der Waals surface area contributed by atoms with Crippen molar-refractivity contribution in [2.24, 2.45) is 5.73 Å². The quantitative estimate of drug-likeness (QED) is 0.215. The monoisotopic (exact) mass is 355 g/mol. The molecule has 0 aliphatic rings. The van der Waals surface area contributed by atoms with Crippen LogP contribution in [0.1, 0.15) is 135 Å². The molecule has 3 N–H and O–H groups in total. The summed E-state index contributed by atoms with van der Waals surface area (Å²) in [5, 5.41) is 8.73. The number of rotatable bonds is 21. The van der Waals surface area contributed by atoms with Crippen LogP contribution in [-0.2, 0) is 0 Å². The third kappa shape index (κ3) is 21.9. The van der Waals surface area contributed by atoms with Crippen LogP contribution in [0.15, 0.2) is 0 Å². The van der Waals surface area contributed by atoms with Crippen molar-refractivity contribution in [3.63, 3.8) is 0 Å². The smallest absolute Gasteiger partial charge is 0.0431 e. The molecule has 0 aromatic rings. The first-order valence-electron chi connectivity index (χ1n) is 11.7. The summed E-state index contributed by atoms with van der Waals surface area (Å²) in [6, 6.07) is 0.443. The SMILES string of the molecule is CCCCCCCCCCCCC(N)CCCCCCCCCCO. The van der Waals surface area contributed by atoms with Gasteiger partial charge in [-0.05, 0) is 19.3 Å². The van der Waals surface area contributed by atoms with E-state index in [2.05, 4.69) is 6.92 Å². The second-order valence-corrected chi connectivity index (χ2v) is 8.07. The van der Waals surface area contributed by atoms with Crippen molar-refractivity contribution in [3.8, 4) is 0 Å². The molecule has 0 spiro atoms. The number of hydrogen-bond donors (Lipinski definition) is 2. The number of hydrogen-bond acceptors (Lipinski definition) is 2. The van der Waals surface area contributed by atoms with E-state index in [1.807, 2.05) is 0 Å². The van der Waals surface area contributed by atoms with E-state index in [9.17, 15) is 0 Å². The van der Waals surface area contributed by atoms with Gasteiger partial charge < -0.3 is 10.8 Å². The van der Waals surface area contributed by atoms with Crippen molar-refractivity contribution < 1.29 is 5.11 Å². The van der Waals surface area contributed by atoms with E-state index in [4.69, 9.17) is 10.8 Å². The van der Waals surface area contributed by atoms with E-state index < -0.39 is 0 Å². The molecular formula is C23H49NO. The predicted octanol–water partition coefficient (Wildman–Crippen LogP) is 7.13. The largest absolute Gasteiger partial charge is 0.396 e. The summed E-state index contributed by atoms with van der Waals surface area (Å²) >= 11 is 0. The fraction of sp³-hybridized carbons (Fsp3) is 1.00. The summed E-state index contributed by atoms with van der Waals surface area (Å²) in [7, 11) is 0. The van der Waals surface area contributed by atoms with Crippen LogP contribution in [0.25, 0.3) is 0 Å². The number of unbranched alkanes of at least 4 members (excludes halogenated alkanes) is 16. The summed E-state index contributed by atoms with van der Waals surface area (Å²) in [5.41, 5.74) is 6.25. The van der Waals surface area contributed by atoms with Crippen LogP contribution in [0.5, 0.6) is 0 Å². The maximum Gasteiger partial charge on any atom is 0.0431 e. The van der Waals surface area contributed by atoms with Crippen LogP contribution in [0, 0.1) is 0 Å². The average Bonchev–Trinajstić information content (AvgIpc) is 2.62. The standard InChI is InChI=1S/C23H49NO/c1-2-3-4-5-6-7-8-11-14-17-20-23(24)21-18-15-12-9-10-13-16-19-22-25/h23,25H,2-22,24H2,1H3. The first-order valence-corrected chi connectivity index (χ1v) is 11.7. The van der Waals surface area contributed by atoms with Gasteiger partial charge in [0.05, 0.1) is 0 Å². The molecule has 0 radical (unpaired) electrons. The van der Waals surface area contributed by atoms with Gasteiger partial charge in [0.15, 0.2) is 0 Å². The van der Waals surface area contributed by atoms with E-state index in [-0.39, 0.29) is 0 Å². The number of nitrogens with two attached hydrogens (primary N) is 1. The number of aliphatic hydroxyl groups is 1. The highest BCUT2D eigenvalue weighted by Crippen LogP contribution is 2.14. The Kier molecular flexibility index (Phi) is 21.9. The zero-order valence-electron chi connectivity index (χ0n) is 17.5. The summed E-state index contributed by atoms with van der Waals surface area (Å²) < 4.78 is 0. The molecule has 0 aromatic carbocycles. The van der Waals surface area contributed by atoms with Gasteiger partial charge in [-0.15, -0.1) is 0 Å². The van der Waals surface area contributed by atoms with Crippen LogP contribution >= 0.6 is 0 Å². The Labute approximate surface area is 159 Å². The van der Waals surface area contributed by atoms with Crippen molar-refractivity contribution in [1.29, 1.82) is 0 Å². The molecular weight excluding hydrogens is 306 g/mol. The Balaban J connectivity index is 3.12. The van der Waals surface area contributed by atoms with Gasteiger partial charge in [0.25, 0.3) is 0 Å². The molecule has 0 aromatic heterocycles. The molecule has 1 unspecified atom stereocenters. The summed E-state index contributed by atoms with van der Waals surface area (Å²) in [6.45, 7) is 2.64. The number of aliphatic hydroxyl groups excluding tert-OH is 1. The van der Waals surface area contributed by atoms with Crippen molar-refractivity contribution in [1.82, 2.24) is 0 Å². The zero-order valence-corrected chi connectivity index (χ0v) is 17.5. The molecule has 25 heavy (non-hydrogen) atoms. The van der Waals surface area contributed by atoms with Gasteiger partial charge in [-0.3, -0.25) is 0 Å². The van der Waals surface area contributed by atoms with Crippen molar-refractivity contribution in [2.45, 2.75) is 141 Å². The zero-order chi connectivity index (χ0) is 18.4. The van der Waals surface area contributed by atoms with Crippen LogP contribution in [0.2, 0.25) is 0 Å². The third-order valence-corrected chi connectivity index (χ3v) is 5.41. The van der Waals surface area contributed by atoms with Gasteiger partial charge in [0.2, 0.25) is 0 Å². The normalized spacial score (nSPS) is 12.6. The van der Waals surface area contributed by atoms with Crippen molar-refractivity contribution >= 4 is 0 Å². The van der Waals surface area contributed by atoms with Crippen molar-refractivity contribution in [3.05, 3.63) is 0 Å². The molecule has 0 aliphatic carbocycles. The van der Waals surface area contributed by atoms with Gasteiger partial charge in [-0.2, -0.15) is 0 Å². The van der Waals surface area contributed by atoms with Gasteiger partial charge in [-0.1, -0.05) is 116 Å². The molecule has 0 aliphatic heterocycles. The molecule has 0 rings (SSSR count). The molecule has 0 fully saturated rings. The minimum absolute atomic E-state index is 0.358. The Morgan fingerprint density at radius 1 is 0.520 bits per heavy atom. The molecule has 2 heteroatoms. The molecule has 0 bridgehead atoms. The summed E-state index contributed by atoms with van der Waals surface area (Å²) in [5.74, 6) is 0. The van der Waals surface area contributed by atoms with Crippen LogP contribution in [-0.4, -0.2) is 17.8 Å². The van der Waals surface area contributed by atoms with E-state index in [0.29, 0.717) is 12.6 Å². The molecule has 0 saturated carbocycles. The summed E-state index contributed by atoms with van der Waals surface area (Å²) in [6.07, 6.45) is 26.8. The van der Waals surface area contributed by atoms with Crippen LogP contribution < -0.4 is 5.73 Å². The lowest BCUT2D eigenvalue weighted by atomic mass is 10.0. The van der Waals surface area contributed by atoms with Crippen LogP contribution in [0.4, 0.5) is 0 Å². The lowest BCUT2D eigenvalue weighted by Crippen LogP contribution is -2.19. The maximum atomic E-state index is 8.73. The molecule has 2 nitrogen and oxygen atoms in total. The highest BCUT2D eigenvalue weighted by atomic mass is 16.2. The van der Waals surface area contributed by atoms with Gasteiger partial charge in [0.1, 0.15) is 0 Å². The van der Waals surface area contributed by atoms with E-state index in [0.717, 1.165) is 6.42 Å². The highest BCUT2D eigenvalue weighted by Gasteiger charge is 2.02. The Morgan fingerprint density at radius 2 is 0.840 bits per heavy atom. The van der Waals surface area contributed by atoms with Gasteiger partial charge in [-0.25, -0.2) is 0 Å². The topological polar surface area (TPSA) is 46.2 Å².